The molecule has 0 saturated heterocycles. The van der Waals surface area contributed by atoms with Crippen LogP contribution in [0.15, 0.2) is 39.8 Å². The van der Waals surface area contributed by atoms with Gasteiger partial charge in [0.1, 0.15) is 39.0 Å². The maximum absolute atomic E-state index is 15.5. The number of aliphatic imine (C=N–C) groups is 1. The van der Waals surface area contributed by atoms with Crippen LogP contribution in [0.5, 0.6) is 5.75 Å². The van der Waals surface area contributed by atoms with E-state index in [2.05, 4.69) is 24.7 Å². The zero-order valence-corrected chi connectivity index (χ0v) is 25.3. The zero-order chi connectivity index (χ0) is 31.3. The van der Waals surface area contributed by atoms with E-state index >= 15 is 4.39 Å². The van der Waals surface area contributed by atoms with Crippen LogP contribution in [0.1, 0.15) is 64.0 Å². The predicted octanol–water partition coefficient (Wildman–Crippen LogP) is 5.90. The molecule has 2 aliphatic rings. The lowest BCUT2D eigenvalue weighted by molar-refractivity contribution is -0.0500. The summed E-state index contributed by atoms with van der Waals surface area (Å²) in [6.45, 7) is 7.16. The summed E-state index contributed by atoms with van der Waals surface area (Å²) >= 11 is 6.06. The highest BCUT2D eigenvalue weighted by molar-refractivity contribution is 7.96. The van der Waals surface area contributed by atoms with Crippen LogP contribution in [-0.2, 0) is 20.0 Å². The van der Waals surface area contributed by atoms with Crippen molar-refractivity contribution < 1.29 is 36.4 Å². The van der Waals surface area contributed by atoms with E-state index in [1.165, 1.54) is 12.1 Å². The molecule has 10 nitrogen and oxygen atoms in total. The first kappa shape index (κ1) is 31.5. The van der Waals surface area contributed by atoms with Gasteiger partial charge >= 0.3 is 12.7 Å². The van der Waals surface area contributed by atoms with Gasteiger partial charge in [0.15, 0.2) is 0 Å². The number of benzene rings is 1. The molecular formula is C27H31ClF3N5O5S. The normalized spacial score (nSPS) is 24.7. The number of hydrogen-bond acceptors (Lipinski definition) is 8. The summed E-state index contributed by atoms with van der Waals surface area (Å²) in [7, 11) is -3.11. The molecule has 2 N–H and O–H groups in total. The van der Waals surface area contributed by atoms with E-state index in [0.29, 0.717) is 6.42 Å². The summed E-state index contributed by atoms with van der Waals surface area (Å²) in [5.74, 6) is -1.79. The van der Waals surface area contributed by atoms with E-state index in [9.17, 15) is 22.6 Å². The van der Waals surface area contributed by atoms with Gasteiger partial charge in [-0.15, -0.1) is 0 Å². The van der Waals surface area contributed by atoms with E-state index in [4.69, 9.17) is 21.3 Å². The second-order valence-electron chi connectivity index (χ2n) is 11.5. The van der Waals surface area contributed by atoms with Crippen molar-refractivity contribution in [1.82, 2.24) is 10.3 Å². The average Bonchev–Trinajstić information content (AvgIpc) is 3.27. The summed E-state index contributed by atoms with van der Waals surface area (Å²) < 4.78 is 67.8. The van der Waals surface area contributed by atoms with Gasteiger partial charge in [0.05, 0.1) is 26.2 Å². The maximum Gasteiger partial charge on any atom is 0.413 e. The number of ether oxygens (including phenoxy) is 2. The maximum atomic E-state index is 15.5. The van der Waals surface area contributed by atoms with Crippen molar-refractivity contribution in [3.8, 4) is 5.75 Å². The van der Waals surface area contributed by atoms with Crippen molar-refractivity contribution >= 4 is 44.9 Å². The number of aromatic nitrogens is 1. The van der Waals surface area contributed by atoms with Gasteiger partial charge < -0.3 is 14.8 Å². The second kappa shape index (κ2) is 11.0. The summed E-state index contributed by atoms with van der Waals surface area (Å²) in [4.78, 5) is 34.2. The number of alkyl halides is 2. The van der Waals surface area contributed by atoms with Crippen LogP contribution in [0.2, 0.25) is 5.02 Å². The lowest BCUT2D eigenvalue weighted by atomic mass is 9.85. The zero-order valence-electron chi connectivity index (χ0n) is 23.8. The number of fused-ring (bicyclic) bond motifs is 1. The molecule has 2 amide bonds. The van der Waals surface area contributed by atoms with Crippen molar-refractivity contribution in [1.29, 1.82) is 0 Å². The molecule has 3 heterocycles. The molecule has 0 radical (unpaired) electrons. The fraction of sp³-hybridized carbons (Fsp3) is 0.481. The average molecular weight is 630 g/mol. The van der Waals surface area contributed by atoms with Crippen LogP contribution in [0.25, 0.3) is 0 Å². The minimum atomic E-state index is -3.11. The van der Waals surface area contributed by atoms with E-state index < -0.39 is 55.3 Å². The van der Waals surface area contributed by atoms with Crippen LogP contribution in [0.4, 0.5) is 23.7 Å². The van der Waals surface area contributed by atoms with Gasteiger partial charge in [-0.3, -0.25) is 15.1 Å². The van der Waals surface area contributed by atoms with Gasteiger partial charge in [0, 0.05) is 23.9 Å². The minimum Gasteiger partial charge on any atom is -0.444 e. The standard InChI is InChI=1S/C27H31ClF3N5O5S/c1-25(2,3)41-24(38)35-22-26(4,5)42(39)19(9-10-33-42)27(6,36-22)16-11-14(7-8-18(16)29)34-21(37)20-17(28)12-15(13-32-20)40-23(30)31/h7-8,11-13,19,23H,9-10H2,1-6H3,(H,34,37)(H,35,36,38)/t19-,27+,42+/m0/s1. The number of nitrogens with zero attached hydrogens (tertiary/aromatic N) is 3. The Bertz CT molecular complexity index is 1590. The second-order valence-corrected chi connectivity index (χ2v) is 14.9. The van der Waals surface area contributed by atoms with E-state index in [1.807, 2.05) is 0 Å². The molecule has 0 fully saturated rings. The molecule has 0 unspecified atom stereocenters. The number of amides is 2. The number of carbonyl (C=O) groups is 2. The SMILES string of the molecule is CC(C)(C)OC(=O)NC1=N[C@](C)(c2cc(NC(=O)c3ncc(OC(F)F)cc3Cl)ccc2F)[C@@H]2CCN=[S@]2(=O)C1(C)C. The number of halogens is 4. The van der Waals surface area contributed by atoms with Crippen LogP contribution < -0.4 is 15.4 Å². The van der Waals surface area contributed by atoms with Crippen molar-refractivity contribution in [2.45, 2.75) is 75.7 Å². The van der Waals surface area contributed by atoms with Crippen molar-refractivity contribution in [2.75, 3.05) is 11.9 Å². The number of carbonyl (C=O) groups excluding carboxylic acids is 2. The number of nitrogens with one attached hydrogen (secondary N) is 2. The Morgan fingerprint density at radius 1 is 1.17 bits per heavy atom. The predicted molar refractivity (Wildman–Crippen MR) is 152 cm³/mol. The van der Waals surface area contributed by atoms with Gasteiger partial charge in [-0.05, 0) is 66.2 Å². The summed E-state index contributed by atoms with van der Waals surface area (Å²) in [5, 5.41) is 4.21. The minimum absolute atomic E-state index is 0.00820. The van der Waals surface area contributed by atoms with Crippen molar-refractivity contribution in [3.63, 3.8) is 0 Å². The third-order valence-corrected chi connectivity index (χ3v) is 11.0. The Morgan fingerprint density at radius 3 is 2.48 bits per heavy atom. The van der Waals surface area contributed by atoms with Gasteiger partial charge in [-0.25, -0.2) is 22.7 Å². The van der Waals surface area contributed by atoms with Crippen LogP contribution >= 0.6 is 11.6 Å². The Balaban J connectivity index is 1.73. The number of alkyl carbamates (subject to hydrolysis) is 1. The molecule has 42 heavy (non-hydrogen) atoms. The Labute approximate surface area is 246 Å². The van der Waals surface area contributed by atoms with Crippen LogP contribution in [-0.4, -0.2) is 55.8 Å². The molecule has 0 aliphatic carbocycles. The van der Waals surface area contributed by atoms with Gasteiger partial charge in [0.2, 0.25) is 0 Å². The molecule has 228 valence electrons. The molecular weight excluding hydrogens is 599 g/mol. The van der Waals surface area contributed by atoms with E-state index in [0.717, 1.165) is 18.3 Å². The quantitative estimate of drug-likeness (QED) is 0.423. The molecule has 3 atom stereocenters. The Kier molecular flexibility index (Phi) is 8.28. The Morgan fingerprint density at radius 2 is 1.86 bits per heavy atom. The van der Waals surface area contributed by atoms with Crippen molar-refractivity contribution in [2.24, 2.45) is 9.36 Å². The van der Waals surface area contributed by atoms with Gasteiger partial charge in [0.25, 0.3) is 5.91 Å². The van der Waals surface area contributed by atoms with Crippen LogP contribution in [0.3, 0.4) is 0 Å². The third-order valence-electron chi connectivity index (χ3n) is 6.98. The topological polar surface area (TPSA) is 131 Å². The lowest BCUT2D eigenvalue weighted by Crippen LogP contribution is -2.60. The smallest absolute Gasteiger partial charge is 0.413 e. The molecule has 0 bridgehead atoms. The lowest BCUT2D eigenvalue weighted by Gasteiger charge is -2.45. The largest absolute Gasteiger partial charge is 0.444 e. The number of hydrogen-bond donors (Lipinski definition) is 2. The summed E-state index contributed by atoms with van der Waals surface area (Å²) in [6, 6.07) is 4.79. The van der Waals surface area contributed by atoms with E-state index in [1.54, 1.807) is 41.5 Å². The molecule has 2 aromatic rings. The molecule has 2 aliphatic heterocycles. The monoisotopic (exact) mass is 629 g/mol. The first-order valence-corrected chi connectivity index (χ1v) is 14.9. The highest BCUT2D eigenvalue weighted by Gasteiger charge is 2.57. The van der Waals surface area contributed by atoms with Crippen LogP contribution in [0, 0.1) is 5.82 Å². The Hall–Kier alpha value is -3.39. The number of rotatable bonds is 5. The third kappa shape index (κ3) is 5.91. The van der Waals surface area contributed by atoms with Gasteiger partial charge in [-0.1, -0.05) is 11.6 Å². The number of pyridine rings is 1. The molecule has 15 heteroatoms. The summed E-state index contributed by atoms with van der Waals surface area (Å²) in [5.41, 5.74) is -2.43. The fourth-order valence-electron chi connectivity index (χ4n) is 4.99. The molecule has 0 saturated carbocycles. The first-order chi connectivity index (χ1) is 19.4. The molecule has 1 aromatic heterocycles. The first-order valence-electron chi connectivity index (χ1n) is 12.9. The van der Waals surface area contributed by atoms with Crippen molar-refractivity contribution in [3.05, 3.63) is 52.6 Å². The number of anilines is 1. The van der Waals surface area contributed by atoms with E-state index in [-0.39, 0.29) is 40.1 Å². The highest BCUT2D eigenvalue weighted by atomic mass is 35.5. The highest BCUT2D eigenvalue weighted by Crippen LogP contribution is 2.48. The van der Waals surface area contributed by atoms with Gasteiger partial charge in [-0.2, -0.15) is 8.78 Å². The molecule has 1 aromatic carbocycles. The fourth-order valence-corrected chi connectivity index (χ4v) is 8.42. The molecule has 0 spiro atoms. The summed E-state index contributed by atoms with van der Waals surface area (Å²) in [6.07, 6.45) is 0.457. The number of amidine groups is 1. The molecule has 4 rings (SSSR count).